The molecule has 0 saturated heterocycles. The highest BCUT2D eigenvalue weighted by molar-refractivity contribution is 5.91. The molecule has 4 rings (SSSR count). The molecule has 0 heterocycles. The Balaban J connectivity index is 1.49. The van der Waals surface area contributed by atoms with E-state index in [1.807, 2.05) is 69.3 Å². The van der Waals surface area contributed by atoms with Gasteiger partial charge in [0.2, 0.25) is 5.91 Å². The molecule has 0 saturated carbocycles. The molecule has 3 N–H and O–H groups in total. The molecule has 0 bridgehead atoms. The Labute approximate surface area is 269 Å². The summed E-state index contributed by atoms with van der Waals surface area (Å²) >= 11 is 0. The van der Waals surface area contributed by atoms with Gasteiger partial charge < -0.3 is 30.0 Å². The summed E-state index contributed by atoms with van der Waals surface area (Å²) in [6.07, 6.45) is -1.41. The Bertz CT molecular complexity index is 1520. The van der Waals surface area contributed by atoms with Gasteiger partial charge in [-0.2, -0.15) is 0 Å². The van der Waals surface area contributed by atoms with Crippen LogP contribution in [0.15, 0.2) is 72.8 Å². The van der Waals surface area contributed by atoms with Crippen LogP contribution in [0, 0.1) is 0 Å². The maximum Gasteiger partial charge on any atom is 0.407 e. The van der Waals surface area contributed by atoms with E-state index in [1.54, 1.807) is 45.0 Å². The maximum absolute atomic E-state index is 13.5. The van der Waals surface area contributed by atoms with E-state index in [1.165, 1.54) is 0 Å². The summed E-state index contributed by atoms with van der Waals surface area (Å²) in [4.78, 5) is 51.0. The summed E-state index contributed by atoms with van der Waals surface area (Å²) in [7, 11) is 0. The molecule has 0 aromatic heterocycles. The van der Waals surface area contributed by atoms with Crippen LogP contribution in [0.1, 0.15) is 70.6 Å². The standard InChI is InChI=1S/C36H42N2O8/c1-35(2,3)45-23-17-15-22(16-18-23)19-29(32(40)37-30(33(41)42)20-31(39)46-36(4,5)6)38-34(43)44-21-28-26-13-9-7-11-24(26)25-12-8-10-14-27(25)28/h7-18,28-30H,19-21H2,1-6H3,(H,37,40)(H,38,43)(H,41,42)/t29-,30-/m0/s1. The number of hydrogen-bond donors (Lipinski definition) is 3. The summed E-state index contributed by atoms with van der Waals surface area (Å²) in [6.45, 7) is 10.8. The van der Waals surface area contributed by atoms with Crippen molar-refractivity contribution in [1.82, 2.24) is 10.6 Å². The van der Waals surface area contributed by atoms with E-state index in [0.717, 1.165) is 22.3 Å². The number of nitrogens with one attached hydrogen (secondary N) is 2. The first-order valence-corrected chi connectivity index (χ1v) is 15.2. The lowest BCUT2D eigenvalue weighted by molar-refractivity contribution is -0.158. The molecule has 1 aliphatic carbocycles. The van der Waals surface area contributed by atoms with Gasteiger partial charge in [0.05, 0.1) is 6.42 Å². The van der Waals surface area contributed by atoms with E-state index >= 15 is 0 Å². The van der Waals surface area contributed by atoms with Gasteiger partial charge in [-0.15, -0.1) is 0 Å². The molecule has 2 atom stereocenters. The lowest BCUT2D eigenvalue weighted by Gasteiger charge is -2.24. The topological polar surface area (TPSA) is 140 Å². The minimum atomic E-state index is -1.57. The molecule has 1 aliphatic rings. The van der Waals surface area contributed by atoms with Crippen molar-refractivity contribution in [3.63, 3.8) is 0 Å². The largest absolute Gasteiger partial charge is 0.488 e. The second-order valence-electron chi connectivity index (χ2n) is 13.3. The van der Waals surface area contributed by atoms with Gasteiger partial charge in [0.1, 0.15) is 35.6 Å². The molecule has 0 spiro atoms. The number of carbonyl (C=O) groups is 4. The number of aliphatic carboxylic acids is 1. The number of hydrogen-bond acceptors (Lipinski definition) is 7. The maximum atomic E-state index is 13.5. The number of alkyl carbamates (subject to hydrolysis) is 1. The van der Waals surface area contributed by atoms with Crippen LogP contribution >= 0.6 is 0 Å². The molecular weight excluding hydrogens is 588 g/mol. The third-order valence-electron chi connectivity index (χ3n) is 7.14. The fourth-order valence-corrected chi connectivity index (χ4v) is 5.30. The van der Waals surface area contributed by atoms with Crippen LogP contribution in [0.3, 0.4) is 0 Å². The number of esters is 1. The number of carbonyl (C=O) groups excluding carboxylic acids is 3. The summed E-state index contributed by atoms with van der Waals surface area (Å²) in [6, 6.07) is 20.1. The molecule has 46 heavy (non-hydrogen) atoms. The molecule has 0 aliphatic heterocycles. The van der Waals surface area contributed by atoms with E-state index in [0.29, 0.717) is 11.3 Å². The SMILES string of the molecule is CC(C)(C)OC(=O)C[C@H](NC(=O)[C@H](Cc1ccc(OC(C)(C)C)cc1)NC(=O)OCC1c2ccccc2-c2ccccc21)C(=O)O. The quantitative estimate of drug-likeness (QED) is 0.232. The number of fused-ring (bicyclic) bond motifs is 3. The first kappa shape index (κ1) is 34.0. The van der Waals surface area contributed by atoms with Crippen LogP contribution in [-0.2, 0) is 30.3 Å². The Morgan fingerprint density at radius 1 is 0.761 bits per heavy atom. The van der Waals surface area contributed by atoms with Crippen molar-refractivity contribution in [2.75, 3.05) is 6.61 Å². The molecular formula is C36H42N2O8. The van der Waals surface area contributed by atoms with Crippen molar-refractivity contribution in [1.29, 1.82) is 0 Å². The summed E-state index contributed by atoms with van der Waals surface area (Å²) in [5.41, 5.74) is 3.67. The van der Waals surface area contributed by atoms with Gasteiger partial charge in [-0.25, -0.2) is 9.59 Å². The van der Waals surface area contributed by atoms with Gasteiger partial charge in [0, 0.05) is 12.3 Å². The zero-order valence-electron chi connectivity index (χ0n) is 27.1. The summed E-state index contributed by atoms with van der Waals surface area (Å²) in [5, 5.41) is 14.8. The van der Waals surface area contributed by atoms with Crippen molar-refractivity contribution in [3.05, 3.63) is 89.5 Å². The average Bonchev–Trinajstić information content (AvgIpc) is 3.28. The highest BCUT2D eigenvalue weighted by Gasteiger charge is 2.32. The van der Waals surface area contributed by atoms with Crippen LogP contribution in [0.5, 0.6) is 5.75 Å². The van der Waals surface area contributed by atoms with Crippen molar-refractivity contribution in [2.24, 2.45) is 0 Å². The first-order valence-electron chi connectivity index (χ1n) is 15.2. The van der Waals surface area contributed by atoms with Crippen LogP contribution < -0.4 is 15.4 Å². The van der Waals surface area contributed by atoms with Crippen LogP contribution in [0.25, 0.3) is 11.1 Å². The predicted octanol–water partition coefficient (Wildman–Crippen LogP) is 5.61. The Morgan fingerprint density at radius 3 is 1.85 bits per heavy atom. The monoisotopic (exact) mass is 630 g/mol. The molecule has 10 heteroatoms. The zero-order chi connectivity index (χ0) is 33.6. The van der Waals surface area contributed by atoms with Gasteiger partial charge in [-0.1, -0.05) is 60.7 Å². The van der Waals surface area contributed by atoms with Gasteiger partial charge >= 0.3 is 18.0 Å². The number of rotatable bonds is 11. The lowest BCUT2D eigenvalue weighted by atomic mass is 9.98. The highest BCUT2D eigenvalue weighted by atomic mass is 16.6. The van der Waals surface area contributed by atoms with E-state index in [-0.39, 0.29) is 18.9 Å². The Morgan fingerprint density at radius 2 is 1.33 bits per heavy atom. The number of carboxylic acids is 1. The molecule has 0 unspecified atom stereocenters. The number of benzene rings is 3. The highest BCUT2D eigenvalue weighted by Crippen LogP contribution is 2.44. The van der Waals surface area contributed by atoms with E-state index in [9.17, 15) is 24.3 Å². The number of carboxylic acid groups (broad SMARTS) is 1. The van der Waals surface area contributed by atoms with Crippen molar-refractivity contribution in [2.45, 2.75) is 83.6 Å². The van der Waals surface area contributed by atoms with E-state index < -0.39 is 53.6 Å². The minimum Gasteiger partial charge on any atom is -0.488 e. The van der Waals surface area contributed by atoms with Crippen molar-refractivity contribution in [3.8, 4) is 16.9 Å². The fraction of sp³-hybridized carbons (Fsp3) is 0.389. The van der Waals surface area contributed by atoms with Crippen molar-refractivity contribution < 1.29 is 38.5 Å². The molecule has 3 aromatic carbocycles. The van der Waals surface area contributed by atoms with Gasteiger partial charge in [-0.3, -0.25) is 9.59 Å². The molecule has 244 valence electrons. The second-order valence-corrected chi connectivity index (χ2v) is 13.3. The van der Waals surface area contributed by atoms with Gasteiger partial charge in [-0.05, 0) is 81.5 Å². The molecule has 0 fully saturated rings. The predicted molar refractivity (Wildman–Crippen MR) is 173 cm³/mol. The number of amides is 2. The molecule has 3 aromatic rings. The van der Waals surface area contributed by atoms with Crippen molar-refractivity contribution >= 4 is 23.9 Å². The Hall–Kier alpha value is -4.86. The normalized spacial score (nSPS) is 13.9. The number of ether oxygens (including phenoxy) is 3. The van der Waals surface area contributed by atoms with E-state index in [4.69, 9.17) is 14.2 Å². The van der Waals surface area contributed by atoms with Crippen LogP contribution in [0.4, 0.5) is 4.79 Å². The third-order valence-corrected chi connectivity index (χ3v) is 7.14. The van der Waals surface area contributed by atoms with Crippen LogP contribution in [0.2, 0.25) is 0 Å². The Kier molecular flexibility index (Phi) is 10.4. The first-order chi connectivity index (χ1) is 21.6. The van der Waals surface area contributed by atoms with E-state index in [2.05, 4.69) is 10.6 Å². The average molecular weight is 631 g/mol. The molecule has 2 amide bonds. The van der Waals surface area contributed by atoms with Crippen LogP contribution in [-0.4, -0.2) is 58.9 Å². The lowest BCUT2D eigenvalue weighted by Crippen LogP contribution is -2.53. The van der Waals surface area contributed by atoms with Gasteiger partial charge in [0.15, 0.2) is 0 Å². The smallest absolute Gasteiger partial charge is 0.407 e. The minimum absolute atomic E-state index is 0.0185. The second kappa shape index (κ2) is 14.1. The fourth-order valence-electron chi connectivity index (χ4n) is 5.30. The third kappa shape index (κ3) is 9.32. The van der Waals surface area contributed by atoms with Gasteiger partial charge in [0.25, 0.3) is 0 Å². The molecule has 10 nitrogen and oxygen atoms in total. The zero-order valence-corrected chi connectivity index (χ0v) is 27.1. The summed E-state index contributed by atoms with van der Waals surface area (Å²) < 4.78 is 16.8. The molecule has 0 radical (unpaired) electrons. The summed E-state index contributed by atoms with van der Waals surface area (Å²) in [5.74, 6) is -2.55.